The van der Waals surface area contributed by atoms with Crippen molar-refractivity contribution < 1.29 is 21.3 Å². The van der Waals surface area contributed by atoms with Crippen LogP contribution < -0.4 is 0 Å². The summed E-state index contributed by atoms with van der Waals surface area (Å²) in [4.78, 5) is 0. The maximum absolute atomic E-state index is 2.77. The predicted octanol–water partition coefficient (Wildman–Crippen LogP) is 11.4. The van der Waals surface area contributed by atoms with Gasteiger partial charge in [0.05, 0.1) is 0 Å². The molecule has 0 spiro atoms. The molecule has 0 N–H and O–H groups in total. The monoisotopic (exact) mass is 632 g/mol. The minimum absolute atomic E-state index is 0.0928. The van der Waals surface area contributed by atoms with Gasteiger partial charge in [-0.2, -0.15) is 0 Å². The fraction of sp³-hybridized carbons (Fsp3) is 0.488. The van der Waals surface area contributed by atoms with E-state index < -0.39 is 21.3 Å². The van der Waals surface area contributed by atoms with Gasteiger partial charge >= 0.3 is 265 Å². The van der Waals surface area contributed by atoms with Gasteiger partial charge in [0.2, 0.25) is 0 Å². The van der Waals surface area contributed by atoms with Crippen LogP contribution in [0.25, 0.3) is 22.3 Å². The molecule has 1 saturated carbocycles. The van der Waals surface area contributed by atoms with E-state index in [1.54, 1.807) is 31.0 Å². The molecule has 0 bridgehead atoms. The Balaban J connectivity index is 1.45. The summed E-state index contributed by atoms with van der Waals surface area (Å²) in [6.45, 7) is 24.4. The SMILES string of the molecule is CC1=CC(C)(C)c2cc3c(cc21)-c1cc2c(cc1[CH]3[Zr]([C]1=CC(C3(C)CCCCC3)=CC1C)=[C](C)C)C(C)(C)C=C2C. The molecule has 0 heterocycles. The Hall–Kier alpha value is -1.85. The summed E-state index contributed by atoms with van der Waals surface area (Å²) < 4.78 is 4.13. The molecule has 1 heteroatoms. The second-order valence-corrected chi connectivity index (χ2v) is 23.4. The van der Waals surface area contributed by atoms with Gasteiger partial charge < -0.3 is 0 Å². The van der Waals surface area contributed by atoms with E-state index in [2.05, 4.69) is 118 Å². The summed E-state index contributed by atoms with van der Waals surface area (Å²) in [6.07, 6.45) is 17.4. The number of benzene rings is 2. The molecule has 0 amide bonds. The van der Waals surface area contributed by atoms with Crippen molar-refractivity contribution in [2.45, 2.75) is 116 Å². The first-order chi connectivity index (χ1) is 19.7. The van der Waals surface area contributed by atoms with Crippen LogP contribution in [0.4, 0.5) is 0 Å². The third-order valence-corrected chi connectivity index (χ3v) is 20.3. The molecule has 42 heavy (non-hydrogen) atoms. The van der Waals surface area contributed by atoms with Crippen molar-refractivity contribution in [1.82, 2.24) is 0 Å². The first-order valence-electron chi connectivity index (χ1n) is 16.6. The normalized spacial score (nSPS) is 24.3. The summed E-state index contributed by atoms with van der Waals surface area (Å²) >= 11 is -2.36. The van der Waals surface area contributed by atoms with Gasteiger partial charge in [0.25, 0.3) is 0 Å². The first-order valence-corrected chi connectivity index (χ1v) is 20.5. The van der Waals surface area contributed by atoms with Gasteiger partial charge in [-0.25, -0.2) is 0 Å². The van der Waals surface area contributed by atoms with E-state index in [9.17, 15) is 0 Å². The van der Waals surface area contributed by atoms with E-state index in [-0.39, 0.29) is 10.8 Å². The topological polar surface area (TPSA) is 0 Å². The van der Waals surface area contributed by atoms with Crippen LogP contribution in [0.5, 0.6) is 0 Å². The molecule has 1 unspecified atom stereocenters. The number of fused-ring (bicyclic) bond motifs is 5. The van der Waals surface area contributed by atoms with Gasteiger partial charge in [0.15, 0.2) is 0 Å². The van der Waals surface area contributed by atoms with Crippen LogP contribution in [0.3, 0.4) is 0 Å². The van der Waals surface area contributed by atoms with Crippen LogP contribution in [0.2, 0.25) is 0 Å². The molecular weight excluding hydrogens is 584 g/mol. The second kappa shape index (κ2) is 9.57. The van der Waals surface area contributed by atoms with E-state index in [1.807, 2.05) is 3.28 Å². The van der Waals surface area contributed by atoms with Crippen LogP contribution in [-0.4, -0.2) is 3.21 Å². The second-order valence-electron chi connectivity index (χ2n) is 16.0. The summed E-state index contributed by atoms with van der Waals surface area (Å²) in [5, 5.41) is 0. The molecule has 0 aliphatic heterocycles. The van der Waals surface area contributed by atoms with Gasteiger partial charge in [0, 0.05) is 0 Å². The minimum atomic E-state index is -2.36. The van der Waals surface area contributed by atoms with Crippen LogP contribution >= 0.6 is 0 Å². The van der Waals surface area contributed by atoms with Gasteiger partial charge in [-0.15, -0.1) is 0 Å². The zero-order valence-electron chi connectivity index (χ0n) is 27.8. The fourth-order valence-corrected chi connectivity index (χ4v) is 18.1. The fourth-order valence-electron chi connectivity index (χ4n) is 9.54. The van der Waals surface area contributed by atoms with Crippen molar-refractivity contribution >= 4 is 14.4 Å². The Kier molecular flexibility index (Phi) is 6.59. The molecule has 0 nitrogen and oxygen atoms in total. The number of hydrogen-bond donors (Lipinski definition) is 0. The zero-order chi connectivity index (χ0) is 29.9. The van der Waals surface area contributed by atoms with Gasteiger partial charge in [0.1, 0.15) is 0 Å². The molecule has 2 aromatic rings. The Bertz CT molecular complexity index is 1610. The van der Waals surface area contributed by atoms with Gasteiger partial charge in [-0.1, -0.05) is 0 Å². The number of rotatable bonds is 3. The third kappa shape index (κ3) is 4.19. The van der Waals surface area contributed by atoms with Crippen molar-refractivity contribution in [3.05, 3.63) is 90.8 Å². The Morgan fingerprint density at radius 1 is 0.714 bits per heavy atom. The summed E-state index contributed by atoms with van der Waals surface area (Å²) in [6, 6.07) is 10.6. The maximum atomic E-state index is 2.77. The molecule has 0 aromatic heterocycles. The number of allylic oxidation sites excluding steroid dienone is 8. The Morgan fingerprint density at radius 2 is 1.21 bits per heavy atom. The summed E-state index contributed by atoms with van der Waals surface area (Å²) in [7, 11) is 0. The Morgan fingerprint density at radius 3 is 1.69 bits per heavy atom. The molecule has 0 radical (unpaired) electrons. The van der Waals surface area contributed by atoms with Crippen molar-refractivity contribution in [3.63, 3.8) is 0 Å². The molecule has 218 valence electrons. The molecule has 1 atom stereocenters. The van der Waals surface area contributed by atoms with Gasteiger partial charge in [-0.3, -0.25) is 0 Å². The quantitative estimate of drug-likeness (QED) is 0.315. The molecular formula is C41H50Zr. The number of hydrogen-bond acceptors (Lipinski definition) is 0. The van der Waals surface area contributed by atoms with Crippen molar-refractivity contribution in [2.75, 3.05) is 0 Å². The van der Waals surface area contributed by atoms with Crippen molar-refractivity contribution in [1.29, 1.82) is 0 Å². The van der Waals surface area contributed by atoms with Crippen LogP contribution in [0, 0.1) is 11.3 Å². The van der Waals surface area contributed by atoms with E-state index in [1.165, 1.54) is 65.5 Å². The van der Waals surface area contributed by atoms with E-state index in [0.29, 0.717) is 15.0 Å². The molecule has 5 aliphatic carbocycles. The van der Waals surface area contributed by atoms with Crippen molar-refractivity contribution in [3.8, 4) is 11.1 Å². The third-order valence-electron chi connectivity index (χ3n) is 11.7. The average molecular weight is 634 g/mol. The van der Waals surface area contributed by atoms with Crippen LogP contribution in [-0.2, 0) is 32.1 Å². The summed E-state index contributed by atoms with van der Waals surface area (Å²) in [5.41, 5.74) is 17.5. The predicted molar refractivity (Wildman–Crippen MR) is 180 cm³/mol. The first kappa shape index (κ1) is 28.9. The standard InChI is InChI=1S/C25H25.C13H19.C3H6.Zr/c1-14-12-24(3,4)22-8-16-7-17-9-23-19(15(2)13-25(23,5)6)11-21(17)20(16)10-18(14)22;1-11-6-7-12(10-11)13(2)8-4-3-5-9-13;1-3-2;/h7-13H,1-6H3;7,10-11H,3-5,8-9H2,1-2H3;1-2H3;. The van der Waals surface area contributed by atoms with E-state index in [4.69, 9.17) is 0 Å². The molecule has 2 aromatic carbocycles. The molecule has 0 saturated heterocycles. The molecule has 5 aliphatic rings. The van der Waals surface area contributed by atoms with Crippen molar-refractivity contribution in [2.24, 2.45) is 11.3 Å². The Labute approximate surface area is 263 Å². The van der Waals surface area contributed by atoms with E-state index in [0.717, 1.165) is 0 Å². The molecule has 7 rings (SSSR count). The zero-order valence-corrected chi connectivity index (χ0v) is 30.3. The summed E-state index contributed by atoms with van der Waals surface area (Å²) in [5.74, 6) is 0.570. The van der Waals surface area contributed by atoms with E-state index >= 15 is 0 Å². The van der Waals surface area contributed by atoms with Crippen LogP contribution in [0.1, 0.15) is 138 Å². The van der Waals surface area contributed by atoms with Crippen LogP contribution in [0.15, 0.2) is 57.4 Å². The molecule has 1 fully saturated rings. The van der Waals surface area contributed by atoms with Gasteiger partial charge in [-0.05, 0) is 0 Å². The average Bonchev–Trinajstić information content (AvgIpc) is 3.58.